The van der Waals surface area contributed by atoms with Gasteiger partial charge in [-0.2, -0.15) is 0 Å². The maximum Gasteiger partial charge on any atom is 0.340 e. The van der Waals surface area contributed by atoms with Gasteiger partial charge in [0.05, 0.1) is 31.9 Å². The Morgan fingerprint density at radius 2 is 1.86 bits per heavy atom. The second kappa shape index (κ2) is 8.44. The minimum atomic E-state index is -0.524. The summed E-state index contributed by atoms with van der Waals surface area (Å²) >= 11 is 3.43. The van der Waals surface area contributed by atoms with Crippen LogP contribution in [0, 0.1) is 0 Å². The molecule has 1 amide bonds. The average molecular weight is 442 g/mol. The fourth-order valence-corrected chi connectivity index (χ4v) is 3.51. The van der Waals surface area contributed by atoms with Crippen LogP contribution in [0.25, 0.3) is 6.08 Å². The Bertz CT molecular complexity index is 976. The number of esters is 1. The van der Waals surface area contributed by atoms with E-state index >= 15 is 0 Å². The van der Waals surface area contributed by atoms with Crippen LogP contribution < -0.4 is 4.74 Å². The van der Waals surface area contributed by atoms with Crippen molar-refractivity contribution in [2.75, 3.05) is 14.2 Å². The third-order valence-corrected chi connectivity index (χ3v) is 5.05. The lowest BCUT2D eigenvalue weighted by molar-refractivity contribution is -0.136. The molecule has 0 fully saturated rings. The van der Waals surface area contributed by atoms with Crippen molar-refractivity contribution < 1.29 is 19.1 Å². The van der Waals surface area contributed by atoms with E-state index in [1.54, 1.807) is 25.0 Å². The molecule has 0 saturated carbocycles. The highest BCUT2D eigenvalue weighted by Crippen LogP contribution is 2.33. The van der Waals surface area contributed by atoms with E-state index in [1.807, 2.05) is 48.5 Å². The van der Waals surface area contributed by atoms with E-state index < -0.39 is 5.97 Å². The van der Waals surface area contributed by atoms with Gasteiger partial charge in [0.25, 0.3) is 5.91 Å². The van der Waals surface area contributed by atoms with Gasteiger partial charge in [0.1, 0.15) is 5.75 Å². The standard InChI is InChI=1S/C22H20BrNO4/c1-14-20(22(26)28-3)19(12-16-5-4-6-17(23)11-16)21(25)24(14)13-15-7-9-18(27-2)10-8-15/h4-12H,13H2,1-3H3/b19-12-. The number of benzene rings is 2. The monoisotopic (exact) mass is 441 g/mol. The molecular weight excluding hydrogens is 422 g/mol. The van der Waals surface area contributed by atoms with Crippen LogP contribution in [-0.2, 0) is 20.9 Å². The van der Waals surface area contributed by atoms with Crippen LogP contribution in [0.5, 0.6) is 5.75 Å². The van der Waals surface area contributed by atoms with E-state index in [2.05, 4.69) is 15.9 Å². The maximum absolute atomic E-state index is 13.1. The van der Waals surface area contributed by atoms with Gasteiger partial charge in [0, 0.05) is 10.2 Å². The molecule has 3 rings (SSSR count). The Hall–Kier alpha value is -2.86. The molecule has 0 radical (unpaired) electrons. The van der Waals surface area contributed by atoms with Gasteiger partial charge in [-0.05, 0) is 48.4 Å². The van der Waals surface area contributed by atoms with Crippen molar-refractivity contribution >= 4 is 33.9 Å². The molecule has 0 unspecified atom stereocenters. The minimum Gasteiger partial charge on any atom is -0.497 e. The third-order valence-electron chi connectivity index (χ3n) is 4.56. The quantitative estimate of drug-likeness (QED) is 0.511. The number of carbonyl (C=O) groups is 2. The van der Waals surface area contributed by atoms with Crippen LogP contribution in [-0.4, -0.2) is 31.0 Å². The van der Waals surface area contributed by atoms with E-state index in [0.717, 1.165) is 21.3 Å². The van der Waals surface area contributed by atoms with Gasteiger partial charge in [0.2, 0.25) is 0 Å². The fourth-order valence-electron chi connectivity index (χ4n) is 3.10. The Morgan fingerprint density at radius 3 is 2.46 bits per heavy atom. The van der Waals surface area contributed by atoms with Crippen LogP contribution in [0.3, 0.4) is 0 Å². The SMILES string of the molecule is COC(=O)C1=C(C)N(Cc2ccc(OC)cc2)C(=O)/C1=C\c1cccc(Br)c1. The van der Waals surface area contributed by atoms with Crippen LogP contribution in [0.2, 0.25) is 0 Å². The first-order chi connectivity index (χ1) is 13.4. The van der Waals surface area contributed by atoms with E-state index in [9.17, 15) is 9.59 Å². The second-order valence-electron chi connectivity index (χ2n) is 6.30. The first-order valence-electron chi connectivity index (χ1n) is 8.66. The van der Waals surface area contributed by atoms with Crippen molar-refractivity contribution in [2.24, 2.45) is 0 Å². The Balaban J connectivity index is 1.99. The zero-order valence-electron chi connectivity index (χ0n) is 15.9. The lowest BCUT2D eigenvalue weighted by atomic mass is 10.0. The zero-order chi connectivity index (χ0) is 20.3. The minimum absolute atomic E-state index is 0.228. The Kier molecular flexibility index (Phi) is 5.99. The lowest BCUT2D eigenvalue weighted by Crippen LogP contribution is -2.24. The topological polar surface area (TPSA) is 55.8 Å². The zero-order valence-corrected chi connectivity index (χ0v) is 17.4. The van der Waals surface area contributed by atoms with E-state index in [1.165, 1.54) is 7.11 Å². The van der Waals surface area contributed by atoms with Gasteiger partial charge in [-0.1, -0.05) is 40.2 Å². The van der Waals surface area contributed by atoms with Crippen molar-refractivity contribution in [3.8, 4) is 5.75 Å². The first kappa shape index (κ1) is 19.9. The number of methoxy groups -OCH3 is 2. The van der Waals surface area contributed by atoms with Crippen LogP contribution in [0.1, 0.15) is 18.1 Å². The van der Waals surface area contributed by atoms with Crippen molar-refractivity contribution in [3.05, 3.63) is 81.0 Å². The smallest absolute Gasteiger partial charge is 0.340 e. The number of hydrogen-bond acceptors (Lipinski definition) is 4. The number of amides is 1. The number of carbonyl (C=O) groups excluding carboxylic acids is 2. The summed E-state index contributed by atoms with van der Waals surface area (Å²) in [4.78, 5) is 27.1. The molecule has 0 bridgehead atoms. The van der Waals surface area contributed by atoms with Gasteiger partial charge in [-0.25, -0.2) is 4.79 Å². The van der Waals surface area contributed by atoms with Crippen molar-refractivity contribution in [2.45, 2.75) is 13.5 Å². The molecule has 6 heteroatoms. The van der Waals surface area contributed by atoms with E-state index in [0.29, 0.717) is 23.4 Å². The molecule has 5 nitrogen and oxygen atoms in total. The molecule has 0 spiro atoms. The van der Waals surface area contributed by atoms with Gasteiger partial charge >= 0.3 is 5.97 Å². The lowest BCUT2D eigenvalue weighted by Gasteiger charge is -2.18. The number of ether oxygens (including phenoxy) is 2. The largest absolute Gasteiger partial charge is 0.497 e. The molecule has 0 saturated heterocycles. The average Bonchev–Trinajstić information content (AvgIpc) is 2.92. The molecule has 2 aromatic rings. The fraction of sp³-hybridized carbons (Fsp3) is 0.182. The number of nitrogens with zero attached hydrogens (tertiary/aromatic N) is 1. The van der Waals surface area contributed by atoms with Gasteiger partial charge < -0.3 is 14.4 Å². The van der Waals surface area contributed by atoms with Gasteiger partial charge in [-0.3, -0.25) is 4.79 Å². The number of halogens is 1. The molecule has 0 aromatic heterocycles. The molecule has 0 N–H and O–H groups in total. The summed E-state index contributed by atoms with van der Waals surface area (Å²) in [5, 5.41) is 0. The number of allylic oxidation sites excluding steroid dienone is 1. The van der Waals surface area contributed by atoms with Crippen LogP contribution >= 0.6 is 15.9 Å². The highest BCUT2D eigenvalue weighted by atomic mass is 79.9. The molecule has 0 atom stereocenters. The summed E-state index contributed by atoms with van der Waals surface area (Å²) in [6.07, 6.45) is 1.72. The second-order valence-corrected chi connectivity index (χ2v) is 7.22. The van der Waals surface area contributed by atoms with Crippen LogP contribution in [0.4, 0.5) is 0 Å². The van der Waals surface area contributed by atoms with Crippen molar-refractivity contribution in [1.29, 1.82) is 0 Å². The third kappa shape index (κ3) is 4.02. The molecule has 1 aliphatic rings. The Morgan fingerprint density at radius 1 is 1.14 bits per heavy atom. The molecule has 1 aliphatic heterocycles. The summed E-state index contributed by atoms with van der Waals surface area (Å²) in [6, 6.07) is 15.0. The van der Waals surface area contributed by atoms with Gasteiger partial charge in [-0.15, -0.1) is 0 Å². The van der Waals surface area contributed by atoms with Crippen LogP contribution in [0.15, 0.2) is 69.8 Å². The van der Waals surface area contributed by atoms with Crippen molar-refractivity contribution in [1.82, 2.24) is 4.90 Å². The summed E-state index contributed by atoms with van der Waals surface area (Å²) in [5.74, 6) is -0.00715. The number of rotatable bonds is 5. The molecule has 2 aromatic carbocycles. The summed E-state index contributed by atoms with van der Waals surface area (Å²) < 4.78 is 11.0. The predicted octanol–water partition coefficient (Wildman–Crippen LogP) is 4.33. The first-order valence-corrected chi connectivity index (χ1v) is 9.45. The molecule has 1 heterocycles. The molecule has 144 valence electrons. The van der Waals surface area contributed by atoms with Gasteiger partial charge in [0.15, 0.2) is 0 Å². The number of hydrogen-bond donors (Lipinski definition) is 0. The Labute approximate surface area is 172 Å². The van der Waals surface area contributed by atoms with E-state index in [4.69, 9.17) is 9.47 Å². The predicted molar refractivity (Wildman–Crippen MR) is 110 cm³/mol. The summed E-state index contributed by atoms with van der Waals surface area (Å²) in [7, 11) is 2.92. The van der Waals surface area contributed by atoms with E-state index in [-0.39, 0.29) is 5.91 Å². The highest BCUT2D eigenvalue weighted by molar-refractivity contribution is 9.10. The summed E-state index contributed by atoms with van der Waals surface area (Å²) in [6.45, 7) is 2.11. The normalized spacial score (nSPS) is 15.4. The molecule has 28 heavy (non-hydrogen) atoms. The summed E-state index contributed by atoms with van der Waals surface area (Å²) in [5.41, 5.74) is 2.95. The highest BCUT2D eigenvalue weighted by Gasteiger charge is 2.36. The molecular formula is C22H20BrNO4. The molecule has 0 aliphatic carbocycles. The van der Waals surface area contributed by atoms with Crippen molar-refractivity contribution in [3.63, 3.8) is 0 Å². The maximum atomic E-state index is 13.1.